The minimum atomic E-state index is -0.527. The molecule has 2 heterocycles. The number of nitrogens with one attached hydrogen (secondary N) is 1. The van der Waals surface area contributed by atoms with Crippen molar-refractivity contribution in [3.05, 3.63) is 35.4 Å². The third-order valence-corrected chi connectivity index (χ3v) is 7.30. The van der Waals surface area contributed by atoms with Gasteiger partial charge >= 0.3 is 0 Å². The Hall–Kier alpha value is -1.95. The first-order chi connectivity index (χ1) is 13.1. The highest BCUT2D eigenvalue weighted by molar-refractivity contribution is 5.95. The van der Waals surface area contributed by atoms with Crippen molar-refractivity contribution in [1.82, 2.24) is 10.2 Å². The van der Waals surface area contributed by atoms with E-state index in [-0.39, 0.29) is 28.9 Å². The fourth-order valence-electron chi connectivity index (χ4n) is 5.24. The molecule has 2 saturated carbocycles. The highest BCUT2D eigenvalue weighted by Gasteiger charge is 2.77. The van der Waals surface area contributed by atoms with Gasteiger partial charge in [-0.15, -0.1) is 0 Å². The Labute approximate surface area is 158 Å². The van der Waals surface area contributed by atoms with Crippen LogP contribution in [0.2, 0.25) is 0 Å². The molecule has 6 heteroatoms. The third-order valence-electron chi connectivity index (χ3n) is 7.30. The lowest BCUT2D eigenvalue weighted by atomic mass is 9.68. The summed E-state index contributed by atoms with van der Waals surface area (Å²) in [5.74, 6) is 0.454. The predicted octanol–water partition coefficient (Wildman–Crippen LogP) is 2.45. The summed E-state index contributed by atoms with van der Waals surface area (Å²) in [4.78, 5) is 27.4. The molecule has 4 fully saturated rings. The fourth-order valence-corrected chi connectivity index (χ4v) is 5.24. The van der Waals surface area contributed by atoms with Crippen molar-refractivity contribution in [2.24, 2.45) is 11.3 Å². The van der Waals surface area contributed by atoms with E-state index in [4.69, 9.17) is 4.74 Å². The van der Waals surface area contributed by atoms with E-state index < -0.39 is 6.67 Å². The van der Waals surface area contributed by atoms with Crippen LogP contribution in [0.4, 0.5) is 4.39 Å². The van der Waals surface area contributed by atoms with Crippen molar-refractivity contribution < 1.29 is 18.7 Å². The van der Waals surface area contributed by atoms with Crippen LogP contribution in [0.5, 0.6) is 0 Å². The summed E-state index contributed by atoms with van der Waals surface area (Å²) in [5, 5.41) is 3.12. The van der Waals surface area contributed by atoms with Gasteiger partial charge in [0.15, 0.2) is 0 Å². The number of ether oxygens (including phenoxy) is 1. The van der Waals surface area contributed by atoms with E-state index in [0.717, 1.165) is 38.7 Å². The quantitative estimate of drug-likeness (QED) is 0.864. The Morgan fingerprint density at radius 2 is 2.04 bits per heavy atom. The first-order valence-electron chi connectivity index (χ1n) is 9.98. The molecule has 2 amide bonds. The zero-order valence-electron chi connectivity index (χ0n) is 15.4. The van der Waals surface area contributed by atoms with E-state index in [2.05, 4.69) is 5.32 Å². The lowest BCUT2D eigenvalue weighted by Crippen LogP contribution is -2.58. The number of fused-ring (bicyclic) bond motifs is 2. The fraction of sp³-hybridized carbons (Fsp3) is 0.619. The average Bonchev–Trinajstić information content (AvgIpc) is 3.27. The van der Waals surface area contributed by atoms with Gasteiger partial charge in [0.25, 0.3) is 5.91 Å². The molecule has 0 radical (unpaired) electrons. The number of halogens is 1. The summed E-state index contributed by atoms with van der Waals surface area (Å²) in [6, 6.07) is 6.68. The topological polar surface area (TPSA) is 58.6 Å². The summed E-state index contributed by atoms with van der Waals surface area (Å²) < 4.78 is 18.6. The highest BCUT2D eigenvalue weighted by Crippen LogP contribution is 2.71. The molecule has 2 aliphatic carbocycles. The van der Waals surface area contributed by atoms with Gasteiger partial charge in [-0.25, -0.2) is 4.39 Å². The zero-order valence-corrected chi connectivity index (χ0v) is 15.4. The molecule has 0 aromatic heterocycles. The summed E-state index contributed by atoms with van der Waals surface area (Å²) in [6.07, 6.45) is 4.99. The molecule has 0 bridgehead atoms. The molecule has 144 valence electrons. The molecule has 3 atom stereocenters. The Kier molecular flexibility index (Phi) is 3.83. The maximum absolute atomic E-state index is 12.9. The number of carbonyl (C=O) groups excluding carboxylic acids is 2. The number of nitrogens with zero attached hydrogens (tertiary/aromatic N) is 1. The van der Waals surface area contributed by atoms with Gasteiger partial charge in [-0.3, -0.25) is 9.59 Å². The number of amides is 2. The minimum Gasteiger partial charge on any atom is -0.374 e. The van der Waals surface area contributed by atoms with Crippen molar-refractivity contribution >= 4 is 11.8 Å². The van der Waals surface area contributed by atoms with Crippen molar-refractivity contribution in [2.45, 2.75) is 50.4 Å². The van der Waals surface area contributed by atoms with Gasteiger partial charge in [0, 0.05) is 24.6 Å². The molecule has 1 aromatic carbocycles. The lowest BCUT2D eigenvalue weighted by molar-refractivity contribution is -0.149. The second kappa shape index (κ2) is 6.03. The predicted molar refractivity (Wildman–Crippen MR) is 96.8 cm³/mol. The van der Waals surface area contributed by atoms with Crippen molar-refractivity contribution in [2.75, 3.05) is 19.7 Å². The highest BCUT2D eigenvalue weighted by atomic mass is 19.1. The van der Waals surface area contributed by atoms with Crippen LogP contribution in [-0.4, -0.2) is 48.1 Å². The Morgan fingerprint density at radius 1 is 1.26 bits per heavy atom. The van der Waals surface area contributed by atoms with Crippen molar-refractivity contribution in [1.29, 1.82) is 0 Å². The average molecular weight is 372 g/mol. The Morgan fingerprint density at radius 3 is 2.59 bits per heavy atom. The first kappa shape index (κ1) is 17.2. The van der Waals surface area contributed by atoms with Gasteiger partial charge in [-0.05, 0) is 49.8 Å². The largest absolute Gasteiger partial charge is 0.374 e. The van der Waals surface area contributed by atoms with Crippen LogP contribution in [0.1, 0.15) is 48.0 Å². The van der Waals surface area contributed by atoms with Crippen molar-refractivity contribution in [3.63, 3.8) is 0 Å². The summed E-state index contributed by atoms with van der Waals surface area (Å²) in [7, 11) is 0. The van der Waals surface area contributed by atoms with E-state index in [1.807, 2.05) is 0 Å². The van der Waals surface area contributed by atoms with Crippen molar-refractivity contribution in [3.8, 4) is 0 Å². The smallest absolute Gasteiger partial charge is 0.254 e. The second-order valence-corrected chi connectivity index (χ2v) is 8.51. The molecule has 1 N–H and O–H groups in total. The molecule has 27 heavy (non-hydrogen) atoms. The van der Waals surface area contributed by atoms with Gasteiger partial charge in [-0.2, -0.15) is 0 Å². The van der Waals surface area contributed by atoms with Crippen LogP contribution in [0.15, 0.2) is 24.3 Å². The monoisotopic (exact) mass is 372 g/mol. The van der Waals surface area contributed by atoms with E-state index in [0.29, 0.717) is 30.1 Å². The summed E-state index contributed by atoms with van der Waals surface area (Å²) in [5.41, 5.74) is 0.642. The molecular formula is C21H25FN2O3. The number of alkyl halides is 1. The van der Waals surface area contributed by atoms with Crippen LogP contribution in [-0.2, 0) is 16.2 Å². The number of likely N-dealkylation sites (tertiary alicyclic amines) is 1. The number of benzene rings is 1. The number of carbonyl (C=O) groups is 2. The van der Waals surface area contributed by atoms with Crippen LogP contribution >= 0.6 is 0 Å². The summed E-state index contributed by atoms with van der Waals surface area (Å²) in [6.45, 7) is 1.39. The van der Waals surface area contributed by atoms with Crippen LogP contribution in [0, 0.1) is 11.3 Å². The second-order valence-electron chi connectivity index (χ2n) is 8.51. The maximum Gasteiger partial charge on any atom is 0.254 e. The molecular weight excluding hydrogens is 347 g/mol. The molecule has 5 nitrogen and oxygen atoms in total. The van der Waals surface area contributed by atoms with Gasteiger partial charge in [0.05, 0.1) is 23.7 Å². The number of hydrogen-bond donors (Lipinski definition) is 1. The Balaban J connectivity index is 1.19. The van der Waals surface area contributed by atoms with Crippen LogP contribution in [0.25, 0.3) is 0 Å². The van der Waals surface area contributed by atoms with Crippen LogP contribution < -0.4 is 5.32 Å². The van der Waals surface area contributed by atoms with Gasteiger partial charge in [-0.1, -0.05) is 12.1 Å². The van der Waals surface area contributed by atoms with E-state index in [1.54, 1.807) is 29.2 Å². The standard InChI is InChI=1S/C21H25FN2O3/c22-11-14-2-4-15(5-3-14)18(25)24-9-6-17(24)12-23-19(26)21-10-16(21)13-27-20(21)7-1-8-20/h2-5,16-17H,1,6-13H2,(H,23,26)/t16-,17?,21-/m0/s1. The molecule has 2 saturated heterocycles. The summed E-state index contributed by atoms with van der Waals surface area (Å²) >= 11 is 0. The lowest BCUT2D eigenvalue weighted by Gasteiger charge is -2.45. The van der Waals surface area contributed by atoms with Gasteiger partial charge in [0.2, 0.25) is 5.91 Å². The normalized spacial score (nSPS) is 32.4. The maximum atomic E-state index is 12.9. The number of hydrogen-bond acceptors (Lipinski definition) is 3. The molecule has 2 aliphatic heterocycles. The number of rotatable bonds is 5. The van der Waals surface area contributed by atoms with Crippen LogP contribution in [0.3, 0.4) is 0 Å². The molecule has 5 rings (SSSR count). The minimum absolute atomic E-state index is 0.0376. The Bertz CT molecular complexity index is 776. The van der Waals surface area contributed by atoms with E-state index in [1.165, 1.54) is 0 Å². The van der Waals surface area contributed by atoms with E-state index >= 15 is 0 Å². The molecule has 1 unspecified atom stereocenters. The molecule has 1 aromatic rings. The van der Waals surface area contributed by atoms with Gasteiger partial charge < -0.3 is 15.0 Å². The SMILES string of the molecule is O=C(c1ccc(CF)cc1)N1CCC1CNC(=O)[C@]12C[C@H]1COC21CCC1. The van der Waals surface area contributed by atoms with Gasteiger partial charge in [0.1, 0.15) is 6.67 Å². The first-order valence-corrected chi connectivity index (χ1v) is 9.98. The zero-order chi connectivity index (χ0) is 18.6. The molecule has 1 spiro atoms. The third kappa shape index (κ3) is 2.38. The van der Waals surface area contributed by atoms with E-state index in [9.17, 15) is 14.0 Å². The molecule has 4 aliphatic rings.